The Kier molecular flexibility index (Phi) is 4.68. The van der Waals surface area contributed by atoms with Gasteiger partial charge in [-0.1, -0.05) is 35.3 Å². The minimum absolute atomic E-state index is 0.163. The molecule has 1 atom stereocenters. The second kappa shape index (κ2) is 6.54. The Morgan fingerprint density at radius 2 is 2.05 bits per heavy atom. The number of morpholine rings is 1. The van der Waals surface area contributed by atoms with Crippen LogP contribution >= 0.6 is 34.5 Å². The fourth-order valence-electron chi connectivity index (χ4n) is 2.37. The molecule has 1 aliphatic rings. The molecule has 0 aliphatic carbocycles. The van der Waals surface area contributed by atoms with E-state index in [2.05, 4.69) is 0 Å². The van der Waals surface area contributed by atoms with Crippen LogP contribution in [0.5, 0.6) is 0 Å². The maximum atomic E-state index is 13.0. The molecule has 1 saturated heterocycles. The van der Waals surface area contributed by atoms with Crippen molar-refractivity contribution in [2.75, 3.05) is 19.7 Å². The third kappa shape index (κ3) is 3.27. The largest absolute Gasteiger partial charge is 0.370 e. The molecule has 0 bridgehead atoms. The zero-order valence-electron chi connectivity index (χ0n) is 11.4. The van der Waals surface area contributed by atoms with Crippen LogP contribution < -0.4 is 0 Å². The van der Waals surface area contributed by atoms with Gasteiger partial charge in [0, 0.05) is 6.54 Å². The molecule has 0 N–H and O–H groups in total. The molecule has 1 aromatic heterocycles. The second-order valence-corrected chi connectivity index (χ2v) is 7.19. The molecule has 1 aromatic carbocycles. The molecule has 2 aromatic rings. The van der Waals surface area contributed by atoms with Crippen LogP contribution in [0.25, 0.3) is 0 Å². The lowest BCUT2D eigenvalue weighted by Crippen LogP contribution is -2.42. The first-order valence-electron chi connectivity index (χ1n) is 6.66. The van der Waals surface area contributed by atoms with Crippen molar-refractivity contribution in [1.29, 1.82) is 0 Å². The average Bonchev–Trinajstić information content (AvgIpc) is 2.86. The van der Waals surface area contributed by atoms with E-state index in [4.69, 9.17) is 27.9 Å². The molecule has 0 spiro atoms. The van der Waals surface area contributed by atoms with E-state index in [1.54, 1.807) is 23.1 Å². The van der Waals surface area contributed by atoms with Crippen LogP contribution in [0.4, 0.5) is 4.39 Å². The number of ether oxygens (including phenoxy) is 1. The second-order valence-electron chi connectivity index (χ2n) is 4.90. The Balaban J connectivity index is 1.76. The molecule has 3 nitrogen and oxygen atoms in total. The van der Waals surface area contributed by atoms with Gasteiger partial charge in [0.05, 0.1) is 23.1 Å². The van der Waals surface area contributed by atoms with Gasteiger partial charge in [-0.25, -0.2) is 4.39 Å². The van der Waals surface area contributed by atoms with Gasteiger partial charge in [-0.15, -0.1) is 11.3 Å². The number of amides is 1. The van der Waals surface area contributed by atoms with E-state index in [0.29, 0.717) is 33.9 Å². The van der Waals surface area contributed by atoms with Crippen molar-refractivity contribution in [3.8, 4) is 0 Å². The third-order valence-corrected chi connectivity index (χ3v) is 4.97. The first-order chi connectivity index (χ1) is 10.5. The molecule has 3 rings (SSSR count). The minimum Gasteiger partial charge on any atom is -0.370 e. The van der Waals surface area contributed by atoms with Gasteiger partial charge in [0.1, 0.15) is 16.3 Å². The van der Waals surface area contributed by atoms with Crippen LogP contribution in [0.3, 0.4) is 0 Å². The van der Waals surface area contributed by atoms with Gasteiger partial charge in [0.15, 0.2) is 0 Å². The number of nitrogens with zero attached hydrogens (tertiary/aromatic N) is 1. The lowest BCUT2D eigenvalue weighted by Gasteiger charge is -2.33. The maximum Gasteiger partial charge on any atom is 0.256 e. The van der Waals surface area contributed by atoms with Gasteiger partial charge in [0.25, 0.3) is 5.91 Å². The average molecular weight is 360 g/mol. The third-order valence-electron chi connectivity index (χ3n) is 3.48. The Hall–Kier alpha value is -1.14. The molecule has 7 heteroatoms. The summed E-state index contributed by atoms with van der Waals surface area (Å²) in [6.07, 6.45) is -0.272. The molecule has 1 unspecified atom stereocenters. The SMILES string of the molecule is O=C(c1cc(Cl)sc1Cl)N1CCOC(c2ccc(F)cc2)C1. The van der Waals surface area contributed by atoms with E-state index in [-0.39, 0.29) is 17.8 Å². The summed E-state index contributed by atoms with van der Waals surface area (Å²) in [5.41, 5.74) is 1.25. The summed E-state index contributed by atoms with van der Waals surface area (Å²) >= 11 is 13.1. The van der Waals surface area contributed by atoms with Crippen LogP contribution in [0.15, 0.2) is 30.3 Å². The highest BCUT2D eigenvalue weighted by atomic mass is 35.5. The summed E-state index contributed by atoms with van der Waals surface area (Å²) in [7, 11) is 0. The molecule has 1 amide bonds. The molecular formula is C15H12Cl2FNO2S. The molecule has 2 heterocycles. The smallest absolute Gasteiger partial charge is 0.256 e. The number of benzene rings is 1. The van der Waals surface area contributed by atoms with Crippen LogP contribution in [-0.4, -0.2) is 30.5 Å². The van der Waals surface area contributed by atoms with Crippen molar-refractivity contribution in [2.45, 2.75) is 6.10 Å². The molecule has 116 valence electrons. The highest BCUT2D eigenvalue weighted by Crippen LogP contribution is 2.33. The van der Waals surface area contributed by atoms with Gasteiger partial charge in [-0.3, -0.25) is 4.79 Å². The first kappa shape index (κ1) is 15.7. The van der Waals surface area contributed by atoms with Crippen molar-refractivity contribution in [1.82, 2.24) is 4.90 Å². The minimum atomic E-state index is -0.299. The number of thiophene rings is 1. The van der Waals surface area contributed by atoms with Crippen molar-refractivity contribution in [3.05, 3.63) is 55.9 Å². The van der Waals surface area contributed by atoms with E-state index >= 15 is 0 Å². The van der Waals surface area contributed by atoms with Gasteiger partial charge in [0.2, 0.25) is 0 Å². The maximum absolute atomic E-state index is 13.0. The lowest BCUT2D eigenvalue weighted by atomic mass is 10.1. The van der Waals surface area contributed by atoms with Gasteiger partial charge < -0.3 is 9.64 Å². The first-order valence-corrected chi connectivity index (χ1v) is 8.23. The highest BCUT2D eigenvalue weighted by molar-refractivity contribution is 7.20. The number of rotatable bonds is 2. The number of hydrogen-bond acceptors (Lipinski definition) is 3. The van der Waals surface area contributed by atoms with Gasteiger partial charge >= 0.3 is 0 Å². The predicted molar refractivity (Wildman–Crippen MR) is 85.3 cm³/mol. The molecular weight excluding hydrogens is 348 g/mol. The van der Waals surface area contributed by atoms with Crippen LogP contribution in [0.1, 0.15) is 22.0 Å². The van der Waals surface area contributed by atoms with Crippen LogP contribution in [0, 0.1) is 5.82 Å². The Bertz CT molecular complexity index is 689. The topological polar surface area (TPSA) is 29.5 Å². The molecule has 1 fully saturated rings. The Morgan fingerprint density at radius 1 is 1.32 bits per heavy atom. The van der Waals surface area contributed by atoms with E-state index in [0.717, 1.165) is 5.56 Å². The number of halogens is 3. The number of carbonyl (C=O) groups excluding carboxylic acids is 1. The van der Waals surface area contributed by atoms with E-state index in [1.165, 1.54) is 23.5 Å². The van der Waals surface area contributed by atoms with Crippen LogP contribution in [-0.2, 0) is 4.74 Å². The quantitative estimate of drug-likeness (QED) is 0.794. The summed E-state index contributed by atoms with van der Waals surface area (Å²) in [6.45, 7) is 1.30. The van der Waals surface area contributed by atoms with Crippen molar-refractivity contribution >= 4 is 40.4 Å². The predicted octanol–water partition coefficient (Wildman–Crippen LogP) is 4.41. The number of carbonyl (C=O) groups is 1. The molecule has 0 saturated carbocycles. The summed E-state index contributed by atoms with van der Waals surface area (Å²) in [6, 6.07) is 7.69. The van der Waals surface area contributed by atoms with Crippen molar-refractivity contribution < 1.29 is 13.9 Å². The van der Waals surface area contributed by atoms with Crippen LogP contribution in [0.2, 0.25) is 8.67 Å². The van der Waals surface area contributed by atoms with Crippen molar-refractivity contribution in [2.24, 2.45) is 0 Å². The fraction of sp³-hybridized carbons (Fsp3) is 0.267. The lowest BCUT2D eigenvalue weighted by molar-refractivity contribution is -0.0228. The standard InChI is InChI=1S/C15H12Cl2FNO2S/c16-13-7-11(14(17)22-13)15(20)19-5-6-21-12(8-19)9-1-3-10(18)4-2-9/h1-4,7,12H,5-6,8H2. The summed E-state index contributed by atoms with van der Waals surface area (Å²) in [4.78, 5) is 14.2. The summed E-state index contributed by atoms with van der Waals surface area (Å²) in [5, 5.41) is 0. The summed E-state index contributed by atoms with van der Waals surface area (Å²) in [5.74, 6) is -0.462. The number of hydrogen-bond donors (Lipinski definition) is 0. The van der Waals surface area contributed by atoms with Gasteiger partial charge in [-0.2, -0.15) is 0 Å². The monoisotopic (exact) mass is 359 g/mol. The summed E-state index contributed by atoms with van der Waals surface area (Å²) < 4.78 is 19.6. The fourth-order valence-corrected chi connectivity index (χ4v) is 3.82. The zero-order valence-corrected chi connectivity index (χ0v) is 13.7. The van der Waals surface area contributed by atoms with Crippen molar-refractivity contribution in [3.63, 3.8) is 0 Å². The normalized spacial score (nSPS) is 18.5. The Morgan fingerprint density at radius 3 is 2.68 bits per heavy atom. The molecule has 1 aliphatic heterocycles. The molecule has 22 heavy (non-hydrogen) atoms. The zero-order chi connectivity index (χ0) is 15.7. The molecule has 0 radical (unpaired) electrons. The van der Waals surface area contributed by atoms with Gasteiger partial charge in [-0.05, 0) is 23.8 Å². The highest BCUT2D eigenvalue weighted by Gasteiger charge is 2.28. The van der Waals surface area contributed by atoms with E-state index in [1.807, 2.05) is 0 Å². The Labute approximate surface area is 141 Å². The van der Waals surface area contributed by atoms with E-state index in [9.17, 15) is 9.18 Å². The van der Waals surface area contributed by atoms with E-state index < -0.39 is 0 Å².